The minimum Gasteiger partial charge on any atom is -0.354 e. The SMILES string of the molecule is CCCc1cc(C)[nH]c(=O)c1CNC(=O)c1cc(-c2ccc(N3CCN(CC)CC3)nc2)cc2c(C(C)C)ncn12. The van der Waals surface area contributed by atoms with E-state index in [-0.39, 0.29) is 23.9 Å². The first-order chi connectivity index (χ1) is 19.8. The Balaban J connectivity index is 1.45. The van der Waals surface area contributed by atoms with Gasteiger partial charge >= 0.3 is 0 Å². The summed E-state index contributed by atoms with van der Waals surface area (Å²) < 4.78 is 1.84. The van der Waals surface area contributed by atoms with E-state index in [0.29, 0.717) is 11.3 Å². The number of nitrogens with zero attached hydrogens (tertiary/aromatic N) is 5. The van der Waals surface area contributed by atoms with E-state index in [9.17, 15) is 9.59 Å². The number of nitrogens with one attached hydrogen (secondary N) is 2. The highest BCUT2D eigenvalue weighted by Crippen LogP contribution is 2.28. The van der Waals surface area contributed by atoms with E-state index < -0.39 is 0 Å². The molecule has 1 fully saturated rings. The van der Waals surface area contributed by atoms with Crippen LogP contribution in [0, 0.1) is 6.92 Å². The molecular formula is C32H41N7O2. The molecule has 4 aromatic rings. The number of rotatable bonds is 9. The summed E-state index contributed by atoms with van der Waals surface area (Å²) in [4.78, 5) is 43.5. The standard InChI is InChI=1S/C32H41N7O2/c1-6-8-23-15-22(5)36-31(40)26(23)19-34-32(41)28-17-25(16-27-30(21(3)4)35-20-39(27)28)24-9-10-29(33-18-24)38-13-11-37(7-2)12-14-38/h9-10,15-18,20-21H,6-8,11-14,19H2,1-5H3,(H,34,41)(H,36,40). The van der Waals surface area contributed by atoms with E-state index in [1.54, 1.807) is 6.33 Å². The summed E-state index contributed by atoms with van der Waals surface area (Å²) in [5.41, 5.74) is 6.38. The molecule has 216 valence electrons. The Morgan fingerprint density at radius 2 is 1.83 bits per heavy atom. The van der Waals surface area contributed by atoms with E-state index in [4.69, 9.17) is 4.98 Å². The van der Waals surface area contributed by atoms with Crippen LogP contribution in [0.4, 0.5) is 5.82 Å². The average molecular weight is 556 g/mol. The van der Waals surface area contributed by atoms with Gasteiger partial charge in [0.05, 0.1) is 11.2 Å². The fourth-order valence-corrected chi connectivity index (χ4v) is 5.67. The Morgan fingerprint density at radius 3 is 2.49 bits per heavy atom. The normalized spacial score (nSPS) is 14.2. The van der Waals surface area contributed by atoms with Gasteiger partial charge in [0.15, 0.2) is 0 Å². The maximum absolute atomic E-state index is 13.7. The number of H-pyrrole nitrogens is 1. The number of aromatic nitrogens is 4. The number of likely N-dealkylation sites (N-methyl/N-ethyl adjacent to an activating group) is 1. The van der Waals surface area contributed by atoms with Gasteiger partial charge in [-0.2, -0.15) is 0 Å². The molecule has 4 aromatic heterocycles. The molecule has 41 heavy (non-hydrogen) atoms. The number of hydrogen-bond acceptors (Lipinski definition) is 6. The average Bonchev–Trinajstić information content (AvgIpc) is 3.41. The summed E-state index contributed by atoms with van der Waals surface area (Å²) in [5, 5.41) is 3.01. The third kappa shape index (κ3) is 6.05. The van der Waals surface area contributed by atoms with E-state index in [2.05, 4.69) is 71.0 Å². The van der Waals surface area contributed by atoms with E-state index in [0.717, 1.165) is 85.0 Å². The van der Waals surface area contributed by atoms with Gasteiger partial charge in [-0.15, -0.1) is 0 Å². The number of amides is 1. The second kappa shape index (κ2) is 12.3. The minimum absolute atomic E-state index is 0.153. The predicted octanol–water partition coefficient (Wildman–Crippen LogP) is 4.54. The molecule has 0 radical (unpaired) electrons. The van der Waals surface area contributed by atoms with Crippen molar-refractivity contribution in [3.63, 3.8) is 0 Å². The molecule has 0 spiro atoms. The Morgan fingerprint density at radius 1 is 1.05 bits per heavy atom. The number of pyridine rings is 3. The maximum Gasteiger partial charge on any atom is 0.268 e. The summed E-state index contributed by atoms with van der Waals surface area (Å²) in [5.74, 6) is 0.906. The molecule has 1 amide bonds. The number of hydrogen-bond donors (Lipinski definition) is 2. The molecule has 0 aliphatic carbocycles. The van der Waals surface area contributed by atoms with Gasteiger partial charge in [-0.05, 0) is 67.3 Å². The van der Waals surface area contributed by atoms with Crippen molar-refractivity contribution >= 4 is 17.2 Å². The summed E-state index contributed by atoms with van der Waals surface area (Å²) in [6.07, 6.45) is 5.30. The van der Waals surface area contributed by atoms with Crippen LogP contribution in [0.1, 0.15) is 73.0 Å². The van der Waals surface area contributed by atoms with Crippen LogP contribution in [0.5, 0.6) is 0 Å². The van der Waals surface area contributed by atoms with Crippen LogP contribution in [0.3, 0.4) is 0 Å². The fraction of sp³-hybridized carbons (Fsp3) is 0.438. The lowest BCUT2D eigenvalue weighted by Gasteiger charge is -2.34. The largest absolute Gasteiger partial charge is 0.354 e. The van der Waals surface area contributed by atoms with E-state index >= 15 is 0 Å². The van der Waals surface area contributed by atoms with Crippen molar-refractivity contribution in [1.82, 2.24) is 29.6 Å². The van der Waals surface area contributed by atoms with Crippen molar-refractivity contribution in [2.75, 3.05) is 37.6 Å². The van der Waals surface area contributed by atoms with E-state index in [1.807, 2.05) is 29.7 Å². The Kier molecular flexibility index (Phi) is 8.54. The van der Waals surface area contributed by atoms with Crippen LogP contribution in [0.15, 0.2) is 47.7 Å². The molecule has 5 heterocycles. The van der Waals surface area contributed by atoms with Crippen LogP contribution in [0.25, 0.3) is 16.6 Å². The third-order valence-electron chi connectivity index (χ3n) is 7.99. The number of carbonyl (C=O) groups excluding carboxylic acids is 1. The highest BCUT2D eigenvalue weighted by Gasteiger charge is 2.20. The van der Waals surface area contributed by atoms with Gasteiger partial charge in [0.25, 0.3) is 11.5 Å². The minimum atomic E-state index is -0.259. The summed E-state index contributed by atoms with van der Waals surface area (Å²) in [7, 11) is 0. The van der Waals surface area contributed by atoms with E-state index in [1.165, 1.54) is 0 Å². The zero-order valence-corrected chi connectivity index (χ0v) is 24.8. The molecule has 9 nitrogen and oxygen atoms in total. The van der Waals surface area contributed by atoms with Gasteiger partial charge < -0.3 is 20.1 Å². The Hall–Kier alpha value is -3.98. The second-order valence-electron chi connectivity index (χ2n) is 11.2. The van der Waals surface area contributed by atoms with Crippen LogP contribution in [-0.4, -0.2) is 62.9 Å². The summed E-state index contributed by atoms with van der Waals surface area (Å²) in [6, 6.07) is 10.1. The van der Waals surface area contributed by atoms with Crippen molar-refractivity contribution in [2.24, 2.45) is 0 Å². The van der Waals surface area contributed by atoms with Gasteiger partial charge in [0, 0.05) is 55.7 Å². The van der Waals surface area contributed by atoms with Gasteiger partial charge in [-0.1, -0.05) is 34.1 Å². The van der Waals surface area contributed by atoms with Crippen LogP contribution < -0.4 is 15.8 Å². The number of aryl methyl sites for hydroxylation is 2. The molecule has 1 aliphatic rings. The summed E-state index contributed by atoms with van der Waals surface area (Å²) >= 11 is 0. The van der Waals surface area contributed by atoms with Gasteiger partial charge in [0.1, 0.15) is 17.8 Å². The van der Waals surface area contributed by atoms with Crippen molar-refractivity contribution in [3.8, 4) is 11.1 Å². The first-order valence-corrected chi connectivity index (χ1v) is 14.7. The molecule has 2 N–H and O–H groups in total. The number of anilines is 1. The Labute approximate surface area is 241 Å². The molecule has 0 unspecified atom stereocenters. The van der Waals surface area contributed by atoms with Crippen molar-refractivity contribution in [1.29, 1.82) is 0 Å². The topological polar surface area (TPSA) is 98.6 Å². The first kappa shape index (κ1) is 28.5. The molecule has 0 bridgehead atoms. The number of fused-ring (bicyclic) bond motifs is 1. The molecule has 5 rings (SSSR count). The maximum atomic E-state index is 13.7. The fourth-order valence-electron chi connectivity index (χ4n) is 5.67. The van der Waals surface area contributed by atoms with Gasteiger partial charge in [0.2, 0.25) is 0 Å². The molecular weight excluding hydrogens is 514 g/mol. The molecule has 1 saturated heterocycles. The number of imidazole rings is 1. The van der Waals surface area contributed by atoms with Crippen molar-refractivity contribution in [2.45, 2.75) is 59.9 Å². The highest BCUT2D eigenvalue weighted by atomic mass is 16.2. The van der Waals surface area contributed by atoms with Crippen LogP contribution in [-0.2, 0) is 13.0 Å². The van der Waals surface area contributed by atoms with Gasteiger partial charge in [-0.25, -0.2) is 9.97 Å². The molecule has 0 aromatic carbocycles. The summed E-state index contributed by atoms with van der Waals surface area (Å²) in [6.45, 7) is 15.6. The molecule has 0 atom stereocenters. The number of piperazine rings is 1. The zero-order valence-electron chi connectivity index (χ0n) is 24.8. The lowest BCUT2D eigenvalue weighted by Crippen LogP contribution is -2.46. The van der Waals surface area contributed by atoms with Gasteiger partial charge in [-0.3, -0.25) is 14.0 Å². The van der Waals surface area contributed by atoms with Crippen molar-refractivity contribution < 1.29 is 4.79 Å². The molecule has 9 heteroatoms. The molecule has 0 saturated carbocycles. The zero-order chi connectivity index (χ0) is 29.1. The lowest BCUT2D eigenvalue weighted by atomic mass is 10.0. The molecule has 1 aliphatic heterocycles. The number of carbonyl (C=O) groups is 1. The van der Waals surface area contributed by atoms with Crippen LogP contribution >= 0.6 is 0 Å². The quantitative estimate of drug-likeness (QED) is 0.315. The van der Waals surface area contributed by atoms with Crippen molar-refractivity contribution in [3.05, 3.63) is 81.4 Å². The monoisotopic (exact) mass is 555 g/mol. The van der Waals surface area contributed by atoms with Crippen LogP contribution in [0.2, 0.25) is 0 Å². The highest BCUT2D eigenvalue weighted by molar-refractivity contribution is 5.95. The smallest absolute Gasteiger partial charge is 0.268 e. The third-order valence-corrected chi connectivity index (χ3v) is 7.99. The first-order valence-electron chi connectivity index (χ1n) is 14.7. The lowest BCUT2D eigenvalue weighted by molar-refractivity contribution is 0.0944. The number of aromatic amines is 1. The Bertz CT molecular complexity index is 1580. The predicted molar refractivity (Wildman–Crippen MR) is 164 cm³/mol. The second-order valence-corrected chi connectivity index (χ2v) is 11.2.